The molecule has 6 nitrogen and oxygen atoms in total. The van der Waals surface area contributed by atoms with E-state index in [0.29, 0.717) is 48.9 Å². The molecule has 27 heavy (non-hydrogen) atoms. The fourth-order valence-electron chi connectivity index (χ4n) is 4.02. The number of hydrogen-bond donors (Lipinski definition) is 2. The van der Waals surface area contributed by atoms with E-state index in [1.807, 2.05) is 17.5 Å². The smallest absolute Gasteiger partial charge is 0.264 e. The van der Waals surface area contributed by atoms with E-state index in [2.05, 4.69) is 24.1 Å². The van der Waals surface area contributed by atoms with Crippen molar-refractivity contribution in [1.29, 1.82) is 0 Å². The van der Waals surface area contributed by atoms with E-state index in [9.17, 15) is 9.59 Å². The highest BCUT2D eigenvalue weighted by Gasteiger charge is 2.42. The second-order valence-electron chi connectivity index (χ2n) is 8.07. The Balaban J connectivity index is 1.75. The van der Waals surface area contributed by atoms with Crippen molar-refractivity contribution in [2.24, 2.45) is 11.7 Å². The predicted molar refractivity (Wildman–Crippen MR) is 109 cm³/mol. The molecule has 1 aromatic rings. The summed E-state index contributed by atoms with van der Waals surface area (Å²) >= 11 is 1.43. The number of carbonyl (C=O) groups is 2. The number of likely N-dealkylation sites (tertiary alicyclic amines) is 1. The molecule has 0 radical (unpaired) electrons. The van der Waals surface area contributed by atoms with Gasteiger partial charge in [-0.3, -0.25) is 14.5 Å². The molecule has 0 bridgehead atoms. The van der Waals surface area contributed by atoms with E-state index < -0.39 is 6.04 Å². The zero-order valence-electron chi connectivity index (χ0n) is 16.4. The Labute approximate surface area is 166 Å². The van der Waals surface area contributed by atoms with Gasteiger partial charge in [-0.25, -0.2) is 0 Å². The third-order valence-electron chi connectivity index (χ3n) is 5.37. The number of nitrogens with zero attached hydrogens (tertiary/aromatic N) is 2. The van der Waals surface area contributed by atoms with Crippen molar-refractivity contribution >= 4 is 23.2 Å². The molecule has 1 saturated heterocycles. The highest BCUT2D eigenvalue weighted by molar-refractivity contribution is 7.12. The van der Waals surface area contributed by atoms with Gasteiger partial charge in [0, 0.05) is 38.3 Å². The zero-order valence-corrected chi connectivity index (χ0v) is 17.2. The van der Waals surface area contributed by atoms with Gasteiger partial charge in [0.15, 0.2) is 0 Å². The number of nitrogens with one attached hydrogen (secondary N) is 1. The number of piperidine rings is 1. The number of rotatable bonds is 8. The van der Waals surface area contributed by atoms with E-state index in [-0.39, 0.29) is 11.8 Å². The summed E-state index contributed by atoms with van der Waals surface area (Å²) in [5.41, 5.74) is 5.55. The average Bonchev–Trinajstić information content (AvgIpc) is 3.36. The molecule has 1 aliphatic heterocycles. The number of carbonyl (C=O) groups excluding carboxylic acids is 2. The fraction of sp³-hybridized carbons (Fsp3) is 0.700. The molecule has 2 heterocycles. The highest BCUT2D eigenvalue weighted by Crippen LogP contribution is 2.34. The summed E-state index contributed by atoms with van der Waals surface area (Å²) in [6, 6.07) is 4.32. The maximum Gasteiger partial charge on any atom is 0.264 e. The third-order valence-corrected chi connectivity index (χ3v) is 6.23. The molecule has 2 aliphatic rings. The van der Waals surface area contributed by atoms with Crippen molar-refractivity contribution in [3.8, 4) is 0 Å². The maximum absolute atomic E-state index is 13.0. The Morgan fingerprint density at radius 2 is 2.11 bits per heavy atom. The van der Waals surface area contributed by atoms with Crippen LogP contribution in [0.15, 0.2) is 17.5 Å². The minimum absolute atomic E-state index is 0.0295. The molecular formula is C20H32N4O2S. The summed E-state index contributed by atoms with van der Waals surface area (Å²) in [4.78, 5) is 30.9. The van der Waals surface area contributed by atoms with Crippen molar-refractivity contribution in [1.82, 2.24) is 15.1 Å². The topological polar surface area (TPSA) is 78.7 Å². The van der Waals surface area contributed by atoms with Crippen LogP contribution in [0.2, 0.25) is 0 Å². The van der Waals surface area contributed by atoms with E-state index in [1.165, 1.54) is 24.2 Å². The first kappa shape index (κ1) is 20.3. The standard InChI is InChI=1S/C20H32N4O2S/c1-14(2)13-24(15-5-6-15)16-7-10-23(20(26)18-4-3-11-27-18)17(12-16)19(25)22-9-8-21/h3-4,11,14-17H,5-10,12-13,21H2,1-2H3,(H,22,25)/t16?,17-/m1/s1. The third kappa shape index (κ3) is 5.09. The summed E-state index contributed by atoms with van der Waals surface area (Å²) in [5, 5.41) is 4.81. The van der Waals surface area contributed by atoms with Crippen LogP contribution in [0.1, 0.15) is 49.2 Å². The molecule has 3 rings (SSSR count). The lowest BCUT2D eigenvalue weighted by Gasteiger charge is -2.43. The van der Waals surface area contributed by atoms with Gasteiger partial charge in [-0.05, 0) is 43.0 Å². The summed E-state index contributed by atoms with van der Waals surface area (Å²) in [6.45, 7) is 7.03. The highest BCUT2D eigenvalue weighted by atomic mass is 32.1. The van der Waals surface area contributed by atoms with Crippen molar-refractivity contribution in [2.45, 2.75) is 57.7 Å². The van der Waals surface area contributed by atoms with Gasteiger partial charge in [0.05, 0.1) is 4.88 Å². The van der Waals surface area contributed by atoms with Crippen molar-refractivity contribution < 1.29 is 9.59 Å². The summed E-state index contributed by atoms with van der Waals surface area (Å²) < 4.78 is 0. The summed E-state index contributed by atoms with van der Waals surface area (Å²) in [7, 11) is 0. The predicted octanol–water partition coefficient (Wildman–Crippen LogP) is 1.92. The average molecular weight is 393 g/mol. The first-order valence-electron chi connectivity index (χ1n) is 10.1. The molecule has 2 atom stereocenters. The lowest BCUT2D eigenvalue weighted by molar-refractivity contribution is -0.127. The Morgan fingerprint density at radius 3 is 2.70 bits per heavy atom. The second-order valence-corrected chi connectivity index (χ2v) is 9.02. The van der Waals surface area contributed by atoms with Crippen LogP contribution < -0.4 is 11.1 Å². The van der Waals surface area contributed by atoms with Gasteiger partial charge in [0.25, 0.3) is 5.91 Å². The van der Waals surface area contributed by atoms with E-state index in [1.54, 1.807) is 4.90 Å². The van der Waals surface area contributed by atoms with Gasteiger partial charge in [-0.2, -0.15) is 0 Å². The number of nitrogens with two attached hydrogens (primary N) is 1. The van der Waals surface area contributed by atoms with Gasteiger partial charge in [0.2, 0.25) is 5.91 Å². The Kier molecular flexibility index (Phi) is 6.89. The van der Waals surface area contributed by atoms with E-state index in [0.717, 1.165) is 13.0 Å². The Hall–Kier alpha value is -1.44. The number of amides is 2. The lowest BCUT2D eigenvalue weighted by Crippen LogP contribution is -2.58. The maximum atomic E-state index is 13.0. The van der Waals surface area contributed by atoms with Crippen LogP contribution >= 0.6 is 11.3 Å². The lowest BCUT2D eigenvalue weighted by atomic mass is 9.93. The molecule has 1 unspecified atom stereocenters. The van der Waals surface area contributed by atoms with Crippen LogP contribution in [-0.4, -0.2) is 65.9 Å². The van der Waals surface area contributed by atoms with Gasteiger partial charge < -0.3 is 16.0 Å². The molecule has 2 fully saturated rings. The fourth-order valence-corrected chi connectivity index (χ4v) is 4.70. The molecule has 7 heteroatoms. The first-order valence-corrected chi connectivity index (χ1v) is 11.0. The van der Waals surface area contributed by atoms with Crippen LogP contribution in [0.4, 0.5) is 0 Å². The molecule has 1 aliphatic carbocycles. The van der Waals surface area contributed by atoms with Crippen LogP contribution in [0.3, 0.4) is 0 Å². The largest absolute Gasteiger partial charge is 0.353 e. The summed E-state index contributed by atoms with van der Waals surface area (Å²) in [5.74, 6) is 0.495. The van der Waals surface area contributed by atoms with Gasteiger partial charge in [-0.15, -0.1) is 11.3 Å². The molecule has 0 aromatic carbocycles. The van der Waals surface area contributed by atoms with Gasteiger partial charge in [-0.1, -0.05) is 19.9 Å². The first-order chi connectivity index (χ1) is 13.0. The number of thiophene rings is 1. The quantitative estimate of drug-likeness (QED) is 0.708. The molecular weight excluding hydrogens is 360 g/mol. The monoisotopic (exact) mass is 392 g/mol. The van der Waals surface area contributed by atoms with Gasteiger partial charge >= 0.3 is 0 Å². The molecule has 3 N–H and O–H groups in total. The zero-order chi connectivity index (χ0) is 19.4. The second kappa shape index (κ2) is 9.17. The van der Waals surface area contributed by atoms with Crippen molar-refractivity contribution in [3.63, 3.8) is 0 Å². The summed E-state index contributed by atoms with van der Waals surface area (Å²) in [6.07, 6.45) is 4.15. The van der Waals surface area contributed by atoms with Gasteiger partial charge in [0.1, 0.15) is 6.04 Å². The number of hydrogen-bond acceptors (Lipinski definition) is 5. The molecule has 2 amide bonds. The normalized spacial score (nSPS) is 23.1. The van der Waals surface area contributed by atoms with Crippen LogP contribution in [0.5, 0.6) is 0 Å². The van der Waals surface area contributed by atoms with Crippen molar-refractivity contribution in [3.05, 3.63) is 22.4 Å². The van der Waals surface area contributed by atoms with E-state index >= 15 is 0 Å². The molecule has 1 aromatic heterocycles. The van der Waals surface area contributed by atoms with Crippen LogP contribution in [0, 0.1) is 5.92 Å². The SMILES string of the molecule is CC(C)CN(C1CC1)C1CCN(C(=O)c2cccs2)[C@@H](C(=O)NCCN)C1. The van der Waals surface area contributed by atoms with E-state index in [4.69, 9.17) is 5.73 Å². The van der Waals surface area contributed by atoms with Crippen LogP contribution in [0.25, 0.3) is 0 Å². The van der Waals surface area contributed by atoms with Crippen LogP contribution in [-0.2, 0) is 4.79 Å². The van der Waals surface area contributed by atoms with Crippen molar-refractivity contribution in [2.75, 3.05) is 26.2 Å². The minimum Gasteiger partial charge on any atom is -0.353 e. The molecule has 0 spiro atoms. The molecule has 150 valence electrons. The Bertz CT molecular complexity index is 630. The Morgan fingerprint density at radius 1 is 1.33 bits per heavy atom. The minimum atomic E-state index is -0.418. The molecule has 1 saturated carbocycles.